The van der Waals surface area contributed by atoms with Crippen LogP contribution >= 0.6 is 0 Å². The molecule has 1 heterocycles. The molecule has 0 aromatic rings. The van der Waals surface area contributed by atoms with E-state index in [1.54, 1.807) is 0 Å². The molecule has 2 nitrogen and oxygen atoms in total. The van der Waals surface area contributed by atoms with Crippen LogP contribution in [0.4, 0.5) is 0 Å². The van der Waals surface area contributed by atoms with Crippen LogP contribution in [0.3, 0.4) is 0 Å². The van der Waals surface area contributed by atoms with Crippen molar-refractivity contribution in [2.75, 3.05) is 0 Å². The molecule has 1 aliphatic heterocycles. The quantitative estimate of drug-likeness (QED) is 0.398. The first kappa shape index (κ1) is 14.6. The van der Waals surface area contributed by atoms with Gasteiger partial charge in [-0.05, 0) is 38.7 Å². The number of rotatable bonds is 6. The van der Waals surface area contributed by atoms with Gasteiger partial charge in [0, 0.05) is 24.2 Å². The van der Waals surface area contributed by atoms with Gasteiger partial charge in [0.15, 0.2) is 0 Å². The van der Waals surface area contributed by atoms with Crippen molar-refractivity contribution in [1.29, 1.82) is 5.26 Å². The summed E-state index contributed by atoms with van der Waals surface area (Å²) in [5.41, 5.74) is 1.18. The van der Waals surface area contributed by atoms with Crippen LogP contribution in [0.5, 0.6) is 0 Å². The van der Waals surface area contributed by atoms with Gasteiger partial charge in [-0.15, -0.1) is 0 Å². The highest BCUT2D eigenvalue weighted by Crippen LogP contribution is 2.29. The zero-order valence-corrected chi connectivity index (χ0v) is 11.6. The van der Waals surface area contributed by atoms with E-state index in [-0.39, 0.29) is 0 Å². The van der Waals surface area contributed by atoms with Gasteiger partial charge in [-0.2, -0.15) is 5.26 Å². The number of nitrogens with zero attached hydrogens (tertiary/aromatic N) is 2. The molecule has 0 N–H and O–H groups in total. The molecular weight excluding hydrogens is 220 g/mol. The molecule has 18 heavy (non-hydrogen) atoms. The van der Waals surface area contributed by atoms with Crippen LogP contribution in [0.2, 0.25) is 0 Å². The summed E-state index contributed by atoms with van der Waals surface area (Å²) in [7, 11) is 0. The molecule has 1 rings (SSSR count). The number of unbranched alkanes of at least 4 members (excludes halogenated alkanes) is 1. The number of likely N-dealkylation sites (tertiary alicyclic amines) is 1. The molecular formula is C16H24N2. The number of hydrogen-bond donors (Lipinski definition) is 0. The van der Waals surface area contributed by atoms with Crippen molar-refractivity contribution in [3.63, 3.8) is 0 Å². The van der Waals surface area contributed by atoms with Crippen molar-refractivity contribution in [3.8, 4) is 6.07 Å². The van der Waals surface area contributed by atoms with Gasteiger partial charge in [-0.3, -0.25) is 0 Å². The van der Waals surface area contributed by atoms with Crippen molar-refractivity contribution in [2.24, 2.45) is 0 Å². The summed E-state index contributed by atoms with van der Waals surface area (Å²) >= 11 is 0. The molecule has 0 spiro atoms. The standard InChI is InChI=1S/C16H24N2/c1-4-6-9-16-12-11-14(3)18(16)15(5-2)10-7-8-13-17/h5-6,9-10,14,16H,2,4,7-8,11-12H2,1,3H3/b9-6-,15-10+/t14-,16?/m0/s1. The third kappa shape index (κ3) is 3.77. The van der Waals surface area contributed by atoms with Gasteiger partial charge >= 0.3 is 0 Å². The minimum absolute atomic E-state index is 0.492. The molecule has 0 bridgehead atoms. The fraction of sp³-hybridized carbons (Fsp3) is 0.562. The summed E-state index contributed by atoms with van der Waals surface area (Å²) < 4.78 is 0. The molecule has 98 valence electrons. The largest absolute Gasteiger partial charge is 0.363 e. The second-order valence-corrected chi connectivity index (χ2v) is 4.77. The van der Waals surface area contributed by atoms with Gasteiger partial charge in [-0.25, -0.2) is 0 Å². The second-order valence-electron chi connectivity index (χ2n) is 4.77. The summed E-state index contributed by atoms with van der Waals surface area (Å²) in [5.74, 6) is 0. The van der Waals surface area contributed by atoms with Gasteiger partial charge in [0.25, 0.3) is 0 Å². The van der Waals surface area contributed by atoms with Gasteiger partial charge in [-0.1, -0.05) is 31.7 Å². The zero-order chi connectivity index (χ0) is 13.4. The maximum atomic E-state index is 8.61. The maximum absolute atomic E-state index is 8.61. The smallest absolute Gasteiger partial charge is 0.0625 e. The van der Waals surface area contributed by atoms with E-state index in [0.717, 1.165) is 12.8 Å². The van der Waals surface area contributed by atoms with E-state index < -0.39 is 0 Å². The van der Waals surface area contributed by atoms with Crippen LogP contribution < -0.4 is 0 Å². The highest BCUT2D eigenvalue weighted by Gasteiger charge is 2.28. The normalized spacial score (nSPS) is 24.5. The van der Waals surface area contributed by atoms with Crippen molar-refractivity contribution in [3.05, 3.63) is 36.6 Å². The Balaban J connectivity index is 2.80. The molecule has 1 unspecified atom stereocenters. The molecule has 0 saturated carbocycles. The Morgan fingerprint density at radius 2 is 2.28 bits per heavy atom. The molecule has 1 saturated heterocycles. The average Bonchev–Trinajstić information content (AvgIpc) is 2.74. The molecule has 2 atom stereocenters. The van der Waals surface area contributed by atoms with Crippen LogP contribution in [-0.4, -0.2) is 17.0 Å². The fourth-order valence-corrected chi connectivity index (χ4v) is 2.52. The van der Waals surface area contributed by atoms with Crippen LogP contribution in [0.15, 0.2) is 36.6 Å². The third-order valence-corrected chi connectivity index (χ3v) is 3.42. The average molecular weight is 244 g/mol. The lowest BCUT2D eigenvalue weighted by Crippen LogP contribution is -2.32. The zero-order valence-electron chi connectivity index (χ0n) is 11.6. The van der Waals surface area contributed by atoms with E-state index in [2.05, 4.69) is 49.6 Å². The lowest BCUT2D eigenvalue weighted by molar-refractivity contribution is 0.305. The predicted molar refractivity (Wildman–Crippen MR) is 76.9 cm³/mol. The minimum Gasteiger partial charge on any atom is -0.363 e. The Labute approximate surface area is 111 Å². The van der Waals surface area contributed by atoms with Crippen molar-refractivity contribution in [1.82, 2.24) is 4.90 Å². The monoisotopic (exact) mass is 244 g/mol. The minimum atomic E-state index is 0.492. The van der Waals surface area contributed by atoms with E-state index in [0.29, 0.717) is 18.5 Å². The fourth-order valence-electron chi connectivity index (χ4n) is 2.52. The predicted octanol–water partition coefficient (Wildman–Crippen LogP) is 4.18. The molecule has 0 radical (unpaired) electrons. The summed E-state index contributed by atoms with van der Waals surface area (Å²) in [5, 5.41) is 8.61. The van der Waals surface area contributed by atoms with E-state index in [1.165, 1.54) is 18.5 Å². The second kappa shape index (κ2) is 7.76. The van der Waals surface area contributed by atoms with Crippen LogP contribution in [-0.2, 0) is 0 Å². The lowest BCUT2D eigenvalue weighted by atomic mass is 10.1. The van der Waals surface area contributed by atoms with E-state index >= 15 is 0 Å². The third-order valence-electron chi connectivity index (χ3n) is 3.42. The summed E-state index contributed by atoms with van der Waals surface area (Å²) in [4.78, 5) is 2.44. The highest BCUT2D eigenvalue weighted by atomic mass is 15.2. The first-order chi connectivity index (χ1) is 8.74. The molecule has 0 aromatic carbocycles. The van der Waals surface area contributed by atoms with Crippen molar-refractivity contribution >= 4 is 0 Å². The molecule has 0 aromatic heterocycles. The lowest BCUT2D eigenvalue weighted by Gasteiger charge is -2.30. The maximum Gasteiger partial charge on any atom is 0.0625 e. The first-order valence-electron chi connectivity index (χ1n) is 6.89. The molecule has 2 heteroatoms. The Hall–Kier alpha value is -1.49. The number of hydrogen-bond acceptors (Lipinski definition) is 2. The van der Waals surface area contributed by atoms with Gasteiger partial charge in [0.2, 0.25) is 0 Å². The van der Waals surface area contributed by atoms with E-state index in [9.17, 15) is 0 Å². The van der Waals surface area contributed by atoms with Crippen LogP contribution in [0.25, 0.3) is 0 Å². The van der Waals surface area contributed by atoms with Crippen molar-refractivity contribution in [2.45, 2.75) is 58.0 Å². The van der Waals surface area contributed by atoms with Crippen LogP contribution in [0, 0.1) is 11.3 Å². The van der Waals surface area contributed by atoms with Crippen molar-refractivity contribution < 1.29 is 0 Å². The van der Waals surface area contributed by atoms with Gasteiger partial charge in [0.05, 0.1) is 6.07 Å². The molecule has 1 fully saturated rings. The van der Waals surface area contributed by atoms with Gasteiger partial charge in [0.1, 0.15) is 0 Å². The van der Waals surface area contributed by atoms with Gasteiger partial charge < -0.3 is 4.90 Å². The molecule has 0 amide bonds. The number of allylic oxidation sites excluding steroid dienone is 3. The molecule has 0 aliphatic carbocycles. The Bertz CT molecular complexity index is 360. The SMILES string of the molecule is C=C/C(=C\CCC#N)N1C(/C=C\CC)CC[C@@H]1C. The first-order valence-corrected chi connectivity index (χ1v) is 6.89. The topological polar surface area (TPSA) is 27.0 Å². The Kier molecular flexibility index (Phi) is 6.28. The van der Waals surface area contributed by atoms with E-state index in [1.807, 2.05) is 6.08 Å². The molecule has 1 aliphatic rings. The summed E-state index contributed by atoms with van der Waals surface area (Å²) in [6, 6.07) is 3.23. The highest BCUT2D eigenvalue weighted by molar-refractivity contribution is 5.21. The number of nitriles is 1. The van der Waals surface area contributed by atoms with Crippen LogP contribution in [0.1, 0.15) is 46.0 Å². The Morgan fingerprint density at radius 1 is 1.50 bits per heavy atom. The Morgan fingerprint density at radius 3 is 2.89 bits per heavy atom. The summed E-state index contributed by atoms with van der Waals surface area (Å²) in [6.45, 7) is 8.34. The summed E-state index contributed by atoms with van der Waals surface area (Å²) in [6.07, 6.45) is 13.5. The van der Waals surface area contributed by atoms with E-state index in [4.69, 9.17) is 5.26 Å².